The number of nitrogens with zero attached hydrogens (tertiary/aromatic N) is 4. The lowest BCUT2D eigenvalue weighted by atomic mass is 10.5. The van der Waals surface area contributed by atoms with Crippen LogP contribution in [-0.4, -0.2) is 19.5 Å². The molecule has 0 aromatic carbocycles. The molecule has 0 aliphatic heterocycles. The summed E-state index contributed by atoms with van der Waals surface area (Å²) in [6.45, 7) is 2.96. The van der Waals surface area contributed by atoms with Gasteiger partial charge >= 0.3 is 0 Å². The SMILES string of the molecule is CCn1cnc2c(I)ncnc21. The van der Waals surface area contributed by atoms with E-state index in [-0.39, 0.29) is 0 Å². The van der Waals surface area contributed by atoms with Gasteiger partial charge in [0.05, 0.1) is 6.33 Å². The van der Waals surface area contributed by atoms with Crippen molar-refractivity contribution < 1.29 is 0 Å². The molecule has 62 valence electrons. The number of hydrogen-bond donors (Lipinski definition) is 0. The Labute approximate surface area is 83.2 Å². The molecule has 0 bridgehead atoms. The molecule has 0 aliphatic rings. The van der Waals surface area contributed by atoms with E-state index in [9.17, 15) is 0 Å². The van der Waals surface area contributed by atoms with Gasteiger partial charge in [-0.25, -0.2) is 15.0 Å². The highest BCUT2D eigenvalue weighted by molar-refractivity contribution is 14.1. The fourth-order valence-electron chi connectivity index (χ4n) is 1.08. The molecule has 0 amide bonds. The van der Waals surface area contributed by atoms with Gasteiger partial charge in [0.1, 0.15) is 15.5 Å². The molecule has 4 nitrogen and oxygen atoms in total. The van der Waals surface area contributed by atoms with Crippen LogP contribution in [0.15, 0.2) is 12.7 Å². The van der Waals surface area contributed by atoms with Crippen LogP contribution in [0.3, 0.4) is 0 Å². The van der Waals surface area contributed by atoms with Crippen molar-refractivity contribution in [1.29, 1.82) is 0 Å². The third-order valence-electron chi connectivity index (χ3n) is 1.70. The van der Waals surface area contributed by atoms with Crippen LogP contribution in [0.25, 0.3) is 11.2 Å². The van der Waals surface area contributed by atoms with Gasteiger partial charge in [0, 0.05) is 6.54 Å². The van der Waals surface area contributed by atoms with E-state index in [1.54, 1.807) is 12.7 Å². The summed E-state index contributed by atoms with van der Waals surface area (Å²) in [5, 5.41) is 0. The molecule has 2 rings (SSSR count). The van der Waals surface area contributed by atoms with Crippen LogP contribution in [0.2, 0.25) is 0 Å². The summed E-state index contributed by atoms with van der Waals surface area (Å²) in [6.07, 6.45) is 3.36. The molecule has 0 aliphatic carbocycles. The summed E-state index contributed by atoms with van der Waals surface area (Å²) in [7, 11) is 0. The number of rotatable bonds is 1. The average Bonchev–Trinajstić information content (AvgIpc) is 2.49. The predicted molar refractivity (Wildman–Crippen MR) is 53.7 cm³/mol. The lowest BCUT2D eigenvalue weighted by Gasteiger charge is -1.96. The first-order chi connectivity index (χ1) is 5.83. The van der Waals surface area contributed by atoms with Gasteiger partial charge in [-0.15, -0.1) is 0 Å². The number of imidazole rings is 1. The van der Waals surface area contributed by atoms with Crippen LogP contribution in [-0.2, 0) is 6.54 Å². The van der Waals surface area contributed by atoms with E-state index < -0.39 is 0 Å². The lowest BCUT2D eigenvalue weighted by molar-refractivity contribution is 0.777. The smallest absolute Gasteiger partial charge is 0.164 e. The molecule has 0 N–H and O–H groups in total. The average molecular weight is 274 g/mol. The number of halogens is 1. The molecule has 12 heavy (non-hydrogen) atoms. The number of fused-ring (bicyclic) bond motifs is 1. The number of aryl methyl sites for hydroxylation is 1. The maximum atomic E-state index is 4.22. The molecular weight excluding hydrogens is 267 g/mol. The normalized spacial score (nSPS) is 10.8. The quantitative estimate of drug-likeness (QED) is 0.584. The van der Waals surface area contributed by atoms with Crippen LogP contribution in [0, 0.1) is 3.70 Å². The minimum Gasteiger partial charge on any atom is -0.315 e. The Morgan fingerprint density at radius 1 is 1.42 bits per heavy atom. The summed E-state index contributed by atoms with van der Waals surface area (Å²) in [6, 6.07) is 0. The van der Waals surface area contributed by atoms with Crippen molar-refractivity contribution >= 4 is 33.8 Å². The Bertz CT molecular complexity index is 409. The van der Waals surface area contributed by atoms with Gasteiger partial charge in [-0.05, 0) is 29.5 Å². The Morgan fingerprint density at radius 2 is 2.25 bits per heavy atom. The molecule has 0 fully saturated rings. The number of aromatic nitrogens is 4. The van der Waals surface area contributed by atoms with Gasteiger partial charge in [0.15, 0.2) is 5.65 Å². The maximum absolute atomic E-state index is 4.22. The molecule has 2 aromatic rings. The Balaban J connectivity index is 2.80. The molecule has 0 unspecified atom stereocenters. The highest BCUT2D eigenvalue weighted by Crippen LogP contribution is 2.13. The molecule has 0 atom stereocenters. The Hall–Kier alpha value is -0.720. The minimum atomic E-state index is 0.889. The Kier molecular flexibility index (Phi) is 1.95. The fourth-order valence-corrected chi connectivity index (χ4v) is 1.59. The van der Waals surface area contributed by atoms with Crippen molar-refractivity contribution in [3.8, 4) is 0 Å². The largest absolute Gasteiger partial charge is 0.315 e. The van der Waals surface area contributed by atoms with E-state index in [1.165, 1.54) is 0 Å². The third kappa shape index (κ3) is 1.08. The molecule has 0 saturated heterocycles. The summed E-state index contributed by atoms with van der Waals surface area (Å²) in [5.74, 6) is 0. The van der Waals surface area contributed by atoms with E-state index in [1.807, 2.05) is 4.57 Å². The van der Waals surface area contributed by atoms with Crippen LogP contribution in [0.1, 0.15) is 6.92 Å². The summed E-state index contributed by atoms with van der Waals surface area (Å²) in [5.41, 5.74) is 1.80. The molecule has 5 heteroatoms. The van der Waals surface area contributed by atoms with Crippen molar-refractivity contribution in [2.45, 2.75) is 13.5 Å². The van der Waals surface area contributed by atoms with Gasteiger partial charge in [-0.2, -0.15) is 0 Å². The molecular formula is C7H7IN4. The highest BCUT2D eigenvalue weighted by atomic mass is 127. The predicted octanol–water partition coefficient (Wildman–Crippen LogP) is 1.45. The first kappa shape index (κ1) is 7.90. The first-order valence-corrected chi connectivity index (χ1v) is 4.72. The molecule has 0 radical (unpaired) electrons. The molecule has 0 spiro atoms. The van der Waals surface area contributed by atoms with Crippen LogP contribution in [0.5, 0.6) is 0 Å². The van der Waals surface area contributed by atoms with Gasteiger partial charge < -0.3 is 4.57 Å². The summed E-state index contributed by atoms with van der Waals surface area (Å²) in [4.78, 5) is 12.4. The van der Waals surface area contributed by atoms with Crippen molar-refractivity contribution in [2.24, 2.45) is 0 Å². The zero-order chi connectivity index (χ0) is 8.55. The zero-order valence-corrected chi connectivity index (χ0v) is 8.69. The minimum absolute atomic E-state index is 0.889. The second-order valence-electron chi connectivity index (χ2n) is 2.37. The van der Waals surface area contributed by atoms with Crippen LogP contribution < -0.4 is 0 Å². The first-order valence-electron chi connectivity index (χ1n) is 3.64. The van der Waals surface area contributed by atoms with E-state index in [2.05, 4.69) is 44.5 Å². The van der Waals surface area contributed by atoms with Gasteiger partial charge in [-0.1, -0.05) is 0 Å². The fraction of sp³-hybridized carbons (Fsp3) is 0.286. The van der Waals surface area contributed by atoms with E-state index in [4.69, 9.17) is 0 Å². The van der Waals surface area contributed by atoms with E-state index in [0.717, 1.165) is 21.4 Å². The van der Waals surface area contributed by atoms with Crippen molar-refractivity contribution in [1.82, 2.24) is 19.5 Å². The van der Waals surface area contributed by atoms with Crippen molar-refractivity contribution in [2.75, 3.05) is 0 Å². The lowest BCUT2D eigenvalue weighted by Crippen LogP contribution is -1.94. The van der Waals surface area contributed by atoms with Crippen molar-refractivity contribution in [3.63, 3.8) is 0 Å². The maximum Gasteiger partial charge on any atom is 0.164 e. The molecule has 2 heterocycles. The molecule has 0 saturated carbocycles. The highest BCUT2D eigenvalue weighted by Gasteiger charge is 2.05. The van der Waals surface area contributed by atoms with Gasteiger partial charge in [-0.3, -0.25) is 0 Å². The monoisotopic (exact) mass is 274 g/mol. The topological polar surface area (TPSA) is 43.6 Å². The van der Waals surface area contributed by atoms with E-state index in [0.29, 0.717) is 0 Å². The van der Waals surface area contributed by atoms with Crippen LogP contribution >= 0.6 is 22.6 Å². The molecule has 2 aromatic heterocycles. The standard InChI is InChI=1S/C7H7IN4/c1-2-12-4-11-5-6(8)9-3-10-7(5)12/h3-4H,2H2,1H3. The second kappa shape index (κ2) is 2.96. The van der Waals surface area contributed by atoms with Gasteiger partial charge in [0.25, 0.3) is 0 Å². The van der Waals surface area contributed by atoms with Gasteiger partial charge in [0.2, 0.25) is 0 Å². The Morgan fingerprint density at radius 3 is 3.00 bits per heavy atom. The van der Waals surface area contributed by atoms with E-state index >= 15 is 0 Å². The zero-order valence-electron chi connectivity index (χ0n) is 6.53. The summed E-state index contributed by atoms with van der Waals surface area (Å²) >= 11 is 2.16. The summed E-state index contributed by atoms with van der Waals surface area (Å²) < 4.78 is 2.91. The van der Waals surface area contributed by atoms with Crippen molar-refractivity contribution in [3.05, 3.63) is 16.4 Å². The van der Waals surface area contributed by atoms with Crippen LogP contribution in [0.4, 0.5) is 0 Å². The third-order valence-corrected chi connectivity index (χ3v) is 2.49. The number of hydrogen-bond acceptors (Lipinski definition) is 3. The second-order valence-corrected chi connectivity index (χ2v) is 3.39.